The minimum absolute atomic E-state index is 0.108. The summed E-state index contributed by atoms with van der Waals surface area (Å²) in [6.45, 7) is 6.45. The van der Waals surface area contributed by atoms with E-state index in [1.54, 1.807) is 24.3 Å². The van der Waals surface area contributed by atoms with Crippen LogP contribution in [0.15, 0.2) is 48.5 Å². The fraction of sp³-hybridized carbons (Fsp3) is 0.300. The van der Waals surface area contributed by atoms with E-state index in [1.807, 2.05) is 45.0 Å². The summed E-state index contributed by atoms with van der Waals surface area (Å²) in [5.74, 6) is -0.340. The van der Waals surface area contributed by atoms with Crippen molar-refractivity contribution in [2.75, 3.05) is 0 Å². The normalized spacial score (nSPS) is 11.6. The van der Waals surface area contributed by atoms with Crippen LogP contribution in [-0.4, -0.2) is 17.9 Å². The Morgan fingerprint density at radius 1 is 1.00 bits per heavy atom. The Morgan fingerprint density at radius 3 is 2.33 bits per heavy atom. The fourth-order valence-electron chi connectivity index (χ4n) is 2.32. The molecule has 0 heterocycles. The number of hydrogen-bond acceptors (Lipinski definition) is 2. The molecule has 4 heteroatoms. The summed E-state index contributed by atoms with van der Waals surface area (Å²) < 4.78 is 0. The Kier molecular flexibility index (Phi) is 6.13. The average Bonchev–Trinajstić information content (AvgIpc) is 2.59. The Balaban J connectivity index is 2.02. The molecule has 2 aromatic rings. The zero-order valence-electron chi connectivity index (χ0n) is 14.4. The summed E-state index contributed by atoms with van der Waals surface area (Å²) in [7, 11) is 0. The lowest BCUT2D eigenvalue weighted by Gasteiger charge is -2.12. The van der Waals surface area contributed by atoms with E-state index in [-0.39, 0.29) is 17.9 Å². The van der Waals surface area contributed by atoms with Crippen LogP contribution in [0.1, 0.15) is 52.1 Å². The van der Waals surface area contributed by atoms with Crippen molar-refractivity contribution in [3.05, 3.63) is 70.8 Å². The molecule has 0 aliphatic heterocycles. The number of benzene rings is 2. The molecule has 0 radical (unpaired) electrons. The van der Waals surface area contributed by atoms with Gasteiger partial charge in [-0.2, -0.15) is 0 Å². The first-order valence-corrected chi connectivity index (χ1v) is 8.24. The third kappa shape index (κ3) is 4.95. The van der Waals surface area contributed by atoms with E-state index in [4.69, 9.17) is 0 Å². The van der Waals surface area contributed by atoms with Crippen LogP contribution in [0.3, 0.4) is 0 Å². The van der Waals surface area contributed by atoms with Gasteiger partial charge in [-0.15, -0.1) is 0 Å². The molecule has 126 valence electrons. The van der Waals surface area contributed by atoms with E-state index in [9.17, 15) is 9.59 Å². The number of aryl methyl sites for hydroxylation is 1. The predicted octanol–water partition coefficient (Wildman–Crippen LogP) is 3.45. The van der Waals surface area contributed by atoms with Crippen LogP contribution >= 0.6 is 0 Å². The molecule has 0 saturated carbocycles. The van der Waals surface area contributed by atoms with Gasteiger partial charge in [0, 0.05) is 23.7 Å². The average molecular weight is 324 g/mol. The van der Waals surface area contributed by atoms with Gasteiger partial charge in [0.15, 0.2) is 0 Å². The number of carbonyl (C=O) groups is 2. The van der Waals surface area contributed by atoms with Crippen LogP contribution in [-0.2, 0) is 6.54 Å². The number of hydrogen-bond donors (Lipinski definition) is 2. The van der Waals surface area contributed by atoms with Crippen molar-refractivity contribution >= 4 is 11.8 Å². The largest absolute Gasteiger partial charge is 0.350 e. The first-order valence-electron chi connectivity index (χ1n) is 8.24. The lowest BCUT2D eigenvalue weighted by molar-refractivity contribution is 0.0939. The molecule has 0 aliphatic carbocycles. The minimum Gasteiger partial charge on any atom is -0.350 e. The topological polar surface area (TPSA) is 58.2 Å². The SMILES string of the molecule is CCC(C)NC(=O)c1cccc(C(=O)NCc2cccc(C)c2)c1. The van der Waals surface area contributed by atoms with Gasteiger partial charge in [-0.25, -0.2) is 0 Å². The first kappa shape index (κ1) is 17.7. The number of carbonyl (C=O) groups excluding carboxylic acids is 2. The summed E-state index contributed by atoms with van der Waals surface area (Å²) >= 11 is 0. The van der Waals surface area contributed by atoms with Crippen LogP contribution in [0.2, 0.25) is 0 Å². The second kappa shape index (κ2) is 8.29. The molecule has 0 bridgehead atoms. The zero-order chi connectivity index (χ0) is 17.5. The minimum atomic E-state index is -0.185. The summed E-state index contributed by atoms with van der Waals surface area (Å²) in [6.07, 6.45) is 0.864. The molecule has 0 aliphatic rings. The van der Waals surface area contributed by atoms with E-state index >= 15 is 0 Å². The van der Waals surface area contributed by atoms with Crippen molar-refractivity contribution in [3.8, 4) is 0 Å². The lowest BCUT2D eigenvalue weighted by atomic mass is 10.1. The maximum absolute atomic E-state index is 12.3. The summed E-state index contributed by atoms with van der Waals surface area (Å²) in [5.41, 5.74) is 3.19. The van der Waals surface area contributed by atoms with Crippen molar-refractivity contribution in [2.24, 2.45) is 0 Å². The van der Waals surface area contributed by atoms with Gasteiger partial charge < -0.3 is 10.6 Å². The number of nitrogens with one attached hydrogen (secondary N) is 2. The van der Waals surface area contributed by atoms with Gasteiger partial charge >= 0.3 is 0 Å². The van der Waals surface area contributed by atoms with Crippen molar-refractivity contribution < 1.29 is 9.59 Å². The van der Waals surface area contributed by atoms with Gasteiger partial charge in [0.2, 0.25) is 0 Å². The maximum atomic E-state index is 12.3. The van der Waals surface area contributed by atoms with Gasteiger partial charge in [0.05, 0.1) is 0 Å². The highest BCUT2D eigenvalue weighted by Crippen LogP contribution is 2.08. The molecule has 1 unspecified atom stereocenters. The number of amides is 2. The highest BCUT2D eigenvalue weighted by molar-refractivity contribution is 5.99. The second-order valence-corrected chi connectivity index (χ2v) is 6.04. The molecule has 2 N–H and O–H groups in total. The molecular weight excluding hydrogens is 300 g/mol. The van der Waals surface area contributed by atoms with Gasteiger partial charge in [0.25, 0.3) is 11.8 Å². The number of rotatable bonds is 6. The molecule has 1 atom stereocenters. The zero-order valence-corrected chi connectivity index (χ0v) is 14.4. The molecule has 2 aromatic carbocycles. The van der Waals surface area contributed by atoms with E-state index in [1.165, 1.54) is 0 Å². The highest BCUT2D eigenvalue weighted by atomic mass is 16.2. The van der Waals surface area contributed by atoms with Crippen LogP contribution in [0, 0.1) is 6.92 Å². The van der Waals surface area contributed by atoms with E-state index in [0.717, 1.165) is 17.5 Å². The van der Waals surface area contributed by atoms with E-state index in [2.05, 4.69) is 10.6 Å². The molecule has 0 fully saturated rings. The Hall–Kier alpha value is -2.62. The predicted molar refractivity (Wildman–Crippen MR) is 96.0 cm³/mol. The van der Waals surface area contributed by atoms with Crippen LogP contribution < -0.4 is 10.6 Å². The molecule has 0 spiro atoms. The molecule has 4 nitrogen and oxygen atoms in total. The quantitative estimate of drug-likeness (QED) is 0.855. The van der Waals surface area contributed by atoms with Gasteiger partial charge in [0.1, 0.15) is 0 Å². The maximum Gasteiger partial charge on any atom is 0.251 e. The van der Waals surface area contributed by atoms with Crippen molar-refractivity contribution in [1.29, 1.82) is 0 Å². The third-order valence-corrected chi connectivity index (χ3v) is 3.91. The first-order chi connectivity index (χ1) is 11.5. The Labute approximate surface area is 143 Å². The van der Waals surface area contributed by atoms with E-state index < -0.39 is 0 Å². The lowest BCUT2D eigenvalue weighted by Crippen LogP contribution is -2.32. The van der Waals surface area contributed by atoms with Crippen LogP contribution in [0.5, 0.6) is 0 Å². The molecule has 0 saturated heterocycles. The monoisotopic (exact) mass is 324 g/mol. The molecule has 0 aromatic heterocycles. The van der Waals surface area contributed by atoms with E-state index in [0.29, 0.717) is 17.7 Å². The third-order valence-electron chi connectivity index (χ3n) is 3.91. The summed E-state index contributed by atoms with van der Waals surface area (Å²) in [6, 6.07) is 14.9. The summed E-state index contributed by atoms with van der Waals surface area (Å²) in [5, 5.41) is 5.80. The van der Waals surface area contributed by atoms with Gasteiger partial charge in [-0.1, -0.05) is 42.8 Å². The highest BCUT2D eigenvalue weighted by Gasteiger charge is 2.12. The summed E-state index contributed by atoms with van der Waals surface area (Å²) in [4.78, 5) is 24.5. The van der Waals surface area contributed by atoms with Gasteiger partial charge in [-0.3, -0.25) is 9.59 Å². The standard InChI is InChI=1S/C20H24N2O2/c1-4-15(3)22-20(24)18-10-6-9-17(12-18)19(23)21-13-16-8-5-7-14(2)11-16/h5-12,15H,4,13H2,1-3H3,(H,21,23)(H,22,24). The Bertz CT molecular complexity index is 725. The van der Waals surface area contributed by atoms with Crippen molar-refractivity contribution in [3.63, 3.8) is 0 Å². The van der Waals surface area contributed by atoms with Crippen molar-refractivity contribution in [1.82, 2.24) is 10.6 Å². The second-order valence-electron chi connectivity index (χ2n) is 6.04. The fourth-order valence-corrected chi connectivity index (χ4v) is 2.32. The molecule has 2 rings (SSSR count). The van der Waals surface area contributed by atoms with Crippen molar-refractivity contribution in [2.45, 2.75) is 39.8 Å². The van der Waals surface area contributed by atoms with Gasteiger partial charge in [-0.05, 0) is 44.0 Å². The molecule has 2 amide bonds. The Morgan fingerprint density at radius 2 is 1.67 bits per heavy atom. The molecular formula is C20H24N2O2. The van der Waals surface area contributed by atoms with Crippen LogP contribution in [0.4, 0.5) is 0 Å². The molecule has 24 heavy (non-hydrogen) atoms. The smallest absolute Gasteiger partial charge is 0.251 e. The van der Waals surface area contributed by atoms with Crippen LogP contribution in [0.25, 0.3) is 0 Å².